The van der Waals surface area contributed by atoms with Gasteiger partial charge in [-0.25, -0.2) is 4.79 Å². The maximum Gasteiger partial charge on any atom is 0.389 e. The van der Waals surface area contributed by atoms with E-state index in [0.717, 1.165) is 17.7 Å². The molecule has 0 radical (unpaired) electrons. The van der Waals surface area contributed by atoms with Gasteiger partial charge in [0, 0.05) is 25.2 Å². The molecule has 1 aromatic carbocycles. The van der Waals surface area contributed by atoms with Crippen LogP contribution in [0.4, 0.5) is 23.7 Å². The van der Waals surface area contributed by atoms with Gasteiger partial charge in [0.05, 0.1) is 18.5 Å². The van der Waals surface area contributed by atoms with Gasteiger partial charge in [0.2, 0.25) is 0 Å². The highest BCUT2D eigenvalue weighted by atomic mass is 19.4. The number of benzene rings is 1. The monoisotopic (exact) mass is 447 g/mol. The lowest BCUT2D eigenvalue weighted by Gasteiger charge is -2.33. The Bertz CT molecular complexity index is 942. The minimum absolute atomic E-state index is 0.0243. The van der Waals surface area contributed by atoms with Crippen molar-refractivity contribution in [2.24, 2.45) is 5.92 Å². The van der Waals surface area contributed by atoms with Crippen molar-refractivity contribution in [3.63, 3.8) is 0 Å². The summed E-state index contributed by atoms with van der Waals surface area (Å²) in [6.07, 6.45) is -0.608. The molecular formula is C24H28F3N3O2. The van der Waals surface area contributed by atoms with Gasteiger partial charge in [-0.2, -0.15) is 13.2 Å². The van der Waals surface area contributed by atoms with E-state index in [0.29, 0.717) is 24.5 Å². The molecule has 5 nitrogen and oxygen atoms in total. The summed E-state index contributed by atoms with van der Waals surface area (Å²) in [5, 5.41) is 2.88. The zero-order valence-corrected chi connectivity index (χ0v) is 18.3. The number of anilines is 1. The van der Waals surface area contributed by atoms with E-state index in [2.05, 4.69) is 23.3 Å². The summed E-state index contributed by atoms with van der Waals surface area (Å²) in [5.74, 6) is 0.736. The third-order valence-electron chi connectivity index (χ3n) is 5.33. The van der Waals surface area contributed by atoms with Crippen LogP contribution in [0.5, 0.6) is 5.75 Å². The minimum Gasteiger partial charge on any atom is -0.494 e. The van der Waals surface area contributed by atoms with Gasteiger partial charge in [0.15, 0.2) is 0 Å². The average Bonchev–Trinajstić information content (AvgIpc) is 2.74. The molecule has 3 rings (SSSR count). The van der Waals surface area contributed by atoms with Gasteiger partial charge in [0.25, 0.3) is 0 Å². The maximum atomic E-state index is 12.6. The molecule has 2 aromatic rings. The number of pyridine rings is 1. The Labute approximate surface area is 186 Å². The van der Waals surface area contributed by atoms with Crippen molar-refractivity contribution in [3.8, 4) is 5.75 Å². The van der Waals surface area contributed by atoms with Crippen LogP contribution in [0, 0.1) is 12.8 Å². The molecule has 1 unspecified atom stereocenters. The van der Waals surface area contributed by atoms with Gasteiger partial charge >= 0.3 is 12.2 Å². The number of carbonyl (C=O) groups is 1. The van der Waals surface area contributed by atoms with Gasteiger partial charge in [-0.15, -0.1) is 0 Å². The number of likely N-dealkylation sites (tertiary alicyclic amines) is 1. The largest absolute Gasteiger partial charge is 0.494 e. The Morgan fingerprint density at radius 2 is 2.12 bits per heavy atom. The van der Waals surface area contributed by atoms with Gasteiger partial charge in [-0.1, -0.05) is 30.7 Å². The number of amides is 2. The molecule has 32 heavy (non-hydrogen) atoms. The number of carbonyl (C=O) groups excluding carboxylic acids is 1. The first-order chi connectivity index (χ1) is 15.2. The molecule has 0 aliphatic carbocycles. The molecule has 8 heteroatoms. The van der Waals surface area contributed by atoms with Crippen molar-refractivity contribution in [1.82, 2.24) is 9.88 Å². The van der Waals surface area contributed by atoms with E-state index < -0.39 is 12.6 Å². The lowest BCUT2D eigenvalue weighted by atomic mass is 9.91. The van der Waals surface area contributed by atoms with Crippen LogP contribution in [0.2, 0.25) is 0 Å². The second kappa shape index (κ2) is 10.5. The molecule has 1 N–H and O–H groups in total. The van der Waals surface area contributed by atoms with Crippen molar-refractivity contribution in [2.75, 3.05) is 25.0 Å². The molecule has 0 saturated carbocycles. The molecule has 1 aromatic heterocycles. The van der Waals surface area contributed by atoms with E-state index in [1.54, 1.807) is 17.2 Å². The average molecular weight is 448 g/mol. The van der Waals surface area contributed by atoms with Crippen molar-refractivity contribution < 1.29 is 22.7 Å². The maximum absolute atomic E-state index is 12.6. The highest BCUT2D eigenvalue weighted by molar-refractivity contribution is 5.89. The molecule has 172 valence electrons. The number of aromatic nitrogens is 1. The number of alkyl halides is 3. The number of nitrogens with zero attached hydrogens (tertiary/aromatic N) is 2. The van der Waals surface area contributed by atoms with Gasteiger partial charge in [0.1, 0.15) is 5.75 Å². The van der Waals surface area contributed by atoms with E-state index >= 15 is 0 Å². The van der Waals surface area contributed by atoms with Crippen LogP contribution in [0.15, 0.2) is 48.2 Å². The topological polar surface area (TPSA) is 54.5 Å². The number of piperidine rings is 1. The fraction of sp³-hybridized carbons (Fsp3) is 0.417. The van der Waals surface area contributed by atoms with Gasteiger partial charge < -0.3 is 15.0 Å². The summed E-state index contributed by atoms with van der Waals surface area (Å²) in [6.45, 7) is 5.20. The Balaban J connectivity index is 1.54. The lowest BCUT2D eigenvalue weighted by Crippen LogP contribution is -2.42. The number of halogens is 3. The van der Waals surface area contributed by atoms with E-state index in [4.69, 9.17) is 4.74 Å². The minimum atomic E-state index is -4.16. The lowest BCUT2D eigenvalue weighted by molar-refractivity contribution is -0.136. The molecule has 2 heterocycles. The standard InChI is InChI=1S/C24H28F3N3O2/c1-17-16-30(23(31)29-21-8-7-18(2)28-15-21)11-9-20(17)13-19-5-3-6-22(14-19)32-12-4-10-24(25,26)27/h3,5-8,13-15,17H,4,9-12,16H2,1-2H3,(H,29,31). The fourth-order valence-corrected chi connectivity index (χ4v) is 3.56. The summed E-state index contributed by atoms with van der Waals surface area (Å²) in [5.41, 5.74) is 3.71. The summed E-state index contributed by atoms with van der Waals surface area (Å²) in [6, 6.07) is 10.9. The number of rotatable bonds is 6. The highest BCUT2D eigenvalue weighted by Gasteiger charge is 2.26. The van der Waals surface area contributed by atoms with E-state index in [-0.39, 0.29) is 25.0 Å². The van der Waals surface area contributed by atoms with Crippen LogP contribution >= 0.6 is 0 Å². The number of urea groups is 1. The Morgan fingerprint density at radius 1 is 1.31 bits per heavy atom. The molecule has 1 saturated heterocycles. The number of hydrogen-bond donors (Lipinski definition) is 1. The van der Waals surface area contributed by atoms with Crippen LogP contribution in [0.3, 0.4) is 0 Å². The van der Waals surface area contributed by atoms with Crippen LogP contribution in [0.1, 0.15) is 37.4 Å². The van der Waals surface area contributed by atoms with Gasteiger partial charge in [-0.3, -0.25) is 4.98 Å². The Kier molecular flexibility index (Phi) is 7.77. The van der Waals surface area contributed by atoms with Crippen LogP contribution in [-0.4, -0.2) is 41.8 Å². The predicted molar refractivity (Wildman–Crippen MR) is 119 cm³/mol. The molecule has 1 aliphatic rings. The zero-order chi connectivity index (χ0) is 23.1. The zero-order valence-electron chi connectivity index (χ0n) is 18.3. The smallest absolute Gasteiger partial charge is 0.389 e. The number of hydrogen-bond acceptors (Lipinski definition) is 3. The van der Waals surface area contributed by atoms with Crippen LogP contribution < -0.4 is 10.1 Å². The molecule has 0 spiro atoms. The molecule has 1 aliphatic heterocycles. The Morgan fingerprint density at radius 3 is 2.81 bits per heavy atom. The quantitative estimate of drug-likeness (QED) is 0.547. The first-order valence-electron chi connectivity index (χ1n) is 10.7. The Hall–Kier alpha value is -3.03. The van der Waals surface area contributed by atoms with Crippen molar-refractivity contribution in [1.29, 1.82) is 0 Å². The molecule has 1 atom stereocenters. The van der Waals surface area contributed by atoms with Crippen molar-refractivity contribution in [3.05, 3.63) is 59.4 Å². The first kappa shape index (κ1) is 23.6. The summed E-state index contributed by atoms with van der Waals surface area (Å²) in [4.78, 5) is 18.6. The number of aryl methyl sites for hydroxylation is 1. The normalized spacial score (nSPS) is 18.0. The molecule has 0 bridgehead atoms. The summed E-state index contributed by atoms with van der Waals surface area (Å²) < 4.78 is 42.2. The number of ether oxygens (including phenoxy) is 1. The summed E-state index contributed by atoms with van der Waals surface area (Å²) in [7, 11) is 0. The third kappa shape index (κ3) is 7.28. The second-order valence-electron chi connectivity index (χ2n) is 8.07. The summed E-state index contributed by atoms with van der Waals surface area (Å²) >= 11 is 0. The van der Waals surface area contributed by atoms with E-state index in [9.17, 15) is 18.0 Å². The van der Waals surface area contributed by atoms with Crippen LogP contribution in [0.25, 0.3) is 6.08 Å². The number of nitrogens with one attached hydrogen (secondary N) is 1. The molecular weight excluding hydrogens is 419 g/mol. The predicted octanol–water partition coefficient (Wildman–Crippen LogP) is 6.07. The first-order valence-corrected chi connectivity index (χ1v) is 10.7. The van der Waals surface area contributed by atoms with E-state index in [1.807, 2.05) is 37.3 Å². The second-order valence-corrected chi connectivity index (χ2v) is 8.07. The van der Waals surface area contributed by atoms with E-state index in [1.165, 1.54) is 5.57 Å². The SMILES string of the molecule is Cc1ccc(NC(=O)N2CCC(=Cc3cccc(OCCCC(F)(F)F)c3)C(C)C2)cn1. The molecule has 1 fully saturated rings. The third-order valence-corrected chi connectivity index (χ3v) is 5.33. The van der Waals surface area contributed by atoms with Gasteiger partial charge in [-0.05, 0) is 55.5 Å². The fourth-order valence-electron chi connectivity index (χ4n) is 3.56. The highest BCUT2D eigenvalue weighted by Crippen LogP contribution is 2.27. The van der Waals surface area contributed by atoms with Crippen LogP contribution in [-0.2, 0) is 0 Å². The molecule has 2 amide bonds. The van der Waals surface area contributed by atoms with Crippen molar-refractivity contribution >= 4 is 17.8 Å². The van der Waals surface area contributed by atoms with Crippen molar-refractivity contribution in [2.45, 2.75) is 39.3 Å².